The Balaban J connectivity index is 3.44. The first-order chi connectivity index (χ1) is 10.3. The number of alkyl halides is 1. The molecule has 0 aliphatic carbocycles. The molecule has 0 saturated heterocycles. The van der Waals surface area contributed by atoms with Crippen LogP contribution in [0.5, 0.6) is 0 Å². The molecular formula is C19H39BrO. The summed E-state index contributed by atoms with van der Waals surface area (Å²) in [7, 11) is 0. The summed E-state index contributed by atoms with van der Waals surface area (Å²) in [6.45, 7) is 5.30. The van der Waals surface area contributed by atoms with Gasteiger partial charge in [0.1, 0.15) is 0 Å². The SMILES string of the molecule is CCCCCCCCCC(CCCCCCCBr)OCC. The van der Waals surface area contributed by atoms with Gasteiger partial charge in [-0.25, -0.2) is 0 Å². The molecular weight excluding hydrogens is 324 g/mol. The predicted molar refractivity (Wildman–Crippen MR) is 99.5 cm³/mol. The van der Waals surface area contributed by atoms with E-state index in [1.165, 1.54) is 89.9 Å². The van der Waals surface area contributed by atoms with Crippen molar-refractivity contribution in [3.63, 3.8) is 0 Å². The molecule has 128 valence electrons. The number of halogens is 1. The number of hydrogen-bond donors (Lipinski definition) is 0. The molecule has 0 aliphatic rings. The summed E-state index contributed by atoms with van der Waals surface area (Å²) in [5.41, 5.74) is 0. The number of rotatable bonds is 17. The second-order valence-electron chi connectivity index (χ2n) is 6.23. The van der Waals surface area contributed by atoms with Crippen LogP contribution in [0.1, 0.15) is 104 Å². The highest BCUT2D eigenvalue weighted by molar-refractivity contribution is 9.09. The lowest BCUT2D eigenvalue weighted by molar-refractivity contribution is 0.0470. The van der Waals surface area contributed by atoms with Gasteiger partial charge in [0.15, 0.2) is 0 Å². The Hall–Kier alpha value is 0.440. The van der Waals surface area contributed by atoms with Crippen molar-refractivity contribution < 1.29 is 4.74 Å². The molecule has 0 saturated carbocycles. The van der Waals surface area contributed by atoms with Crippen molar-refractivity contribution in [3.8, 4) is 0 Å². The van der Waals surface area contributed by atoms with Crippen LogP contribution in [-0.4, -0.2) is 18.0 Å². The van der Waals surface area contributed by atoms with Gasteiger partial charge in [0.05, 0.1) is 6.10 Å². The smallest absolute Gasteiger partial charge is 0.0575 e. The summed E-state index contributed by atoms with van der Waals surface area (Å²) in [6, 6.07) is 0. The normalized spacial score (nSPS) is 12.7. The molecule has 0 spiro atoms. The first-order valence-electron chi connectivity index (χ1n) is 9.52. The molecule has 0 rings (SSSR count). The largest absolute Gasteiger partial charge is 0.379 e. The predicted octanol–water partition coefficient (Wildman–Crippen LogP) is 7.27. The fraction of sp³-hybridized carbons (Fsp3) is 1.00. The van der Waals surface area contributed by atoms with Gasteiger partial charge in [-0.15, -0.1) is 0 Å². The Morgan fingerprint density at radius 1 is 0.667 bits per heavy atom. The van der Waals surface area contributed by atoms with Crippen molar-refractivity contribution in [1.29, 1.82) is 0 Å². The van der Waals surface area contributed by atoms with E-state index in [1.807, 2.05) is 0 Å². The molecule has 0 aliphatic heterocycles. The molecule has 0 fully saturated rings. The summed E-state index contributed by atoms with van der Waals surface area (Å²) in [5, 5.41) is 1.16. The maximum atomic E-state index is 5.91. The topological polar surface area (TPSA) is 9.23 Å². The Morgan fingerprint density at radius 2 is 1.14 bits per heavy atom. The monoisotopic (exact) mass is 362 g/mol. The van der Waals surface area contributed by atoms with Gasteiger partial charge in [0.25, 0.3) is 0 Å². The van der Waals surface area contributed by atoms with Crippen LogP contribution < -0.4 is 0 Å². The van der Waals surface area contributed by atoms with Gasteiger partial charge >= 0.3 is 0 Å². The zero-order valence-corrected chi connectivity index (χ0v) is 16.3. The van der Waals surface area contributed by atoms with E-state index in [0.29, 0.717) is 6.10 Å². The van der Waals surface area contributed by atoms with Gasteiger partial charge in [0, 0.05) is 11.9 Å². The Bertz CT molecular complexity index is 184. The lowest BCUT2D eigenvalue weighted by Gasteiger charge is -2.17. The zero-order valence-electron chi connectivity index (χ0n) is 14.7. The van der Waals surface area contributed by atoms with Crippen LogP contribution in [0.15, 0.2) is 0 Å². The van der Waals surface area contributed by atoms with Crippen molar-refractivity contribution in [2.24, 2.45) is 0 Å². The third-order valence-electron chi connectivity index (χ3n) is 4.19. The molecule has 2 heteroatoms. The van der Waals surface area contributed by atoms with E-state index in [1.54, 1.807) is 0 Å². The minimum atomic E-state index is 0.529. The van der Waals surface area contributed by atoms with Crippen LogP contribution in [0.25, 0.3) is 0 Å². The van der Waals surface area contributed by atoms with Crippen molar-refractivity contribution in [2.75, 3.05) is 11.9 Å². The van der Waals surface area contributed by atoms with Crippen LogP contribution in [0, 0.1) is 0 Å². The van der Waals surface area contributed by atoms with Gasteiger partial charge < -0.3 is 4.74 Å². The van der Waals surface area contributed by atoms with Crippen LogP contribution in [-0.2, 0) is 4.74 Å². The molecule has 0 N–H and O–H groups in total. The summed E-state index contributed by atoms with van der Waals surface area (Å²) < 4.78 is 5.91. The lowest BCUT2D eigenvalue weighted by Crippen LogP contribution is -2.12. The van der Waals surface area contributed by atoms with Gasteiger partial charge in [-0.3, -0.25) is 0 Å². The molecule has 0 amide bonds. The third kappa shape index (κ3) is 16.6. The van der Waals surface area contributed by atoms with E-state index >= 15 is 0 Å². The van der Waals surface area contributed by atoms with E-state index in [2.05, 4.69) is 29.8 Å². The fourth-order valence-corrected chi connectivity index (χ4v) is 3.27. The minimum Gasteiger partial charge on any atom is -0.379 e. The van der Waals surface area contributed by atoms with Crippen molar-refractivity contribution >= 4 is 15.9 Å². The van der Waals surface area contributed by atoms with Gasteiger partial charge in [-0.1, -0.05) is 93.5 Å². The van der Waals surface area contributed by atoms with Gasteiger partial charge in [0.2, 0.25) is 0 Å². The first-order valence-corrected chi connectivity index (χ1v) is 10.6. The van der Waals surface area contributed by atoms with Gasteiger partial charge in [-0.2, -0.15) is 0 Å². The van der Waals surface area contributed by atoms with Crippen molar-refractivity contribution in [3.05, 3.63) is 0 Å². The van der Waals surface area contributed by atoms with Gasteiger partial charge in [-0.05, 0) is 26.2 Å². The van der Waals surface area contributed by atoms with E-state index in [9.17, 15) is 0 Å². The second kappa shape index (κ2) is 18.5. The highest BCUT2D eigenvalue weighted by atomic mass is 79.9. The maximum absolute atomic E-state index is 5.91. The van der Waals surface area contributed by atoms with E-state index < -0.39 is 0 Å². The maximum Gasteiger partial charge on any atom is 0.0575 e. The van der Waals surface area contributed by atoms with E-state index in [0.717, 1.165) is 11.9 Å². The quantitative estimate of drug-likeness (QED) is 0.195. The second-order valence-corrected chi connectivity index (χ2v) is 7.03. The number of unbranched alkanes of at least 4 members (excludes halogenated alkanes) is 10. The number of ether oxygens (including phenoxy) is 1. The van der Waals surface area contributed by atoms with Crippen LogP contribution in [0.3, 0.4) is 0 Å². The molecule has 1 unspecified atom stereocenters. The molecule has 0 heterocycles. The lowest BCUT2D eigenvalue weighted by atomic mass is 10.0. The van der Waals surface area contributed by atoms with Crippen molar-refractivity contribution in [1.82, 2.24) is 0 Å². The molecule has 0 bridgehead atoms. The Morgan fingerprint density at radius 3 is 1.62 bits per heavy atom. The first kappa shape index (κ1) is 21.4. The molecule has 0 aromatic carbocycles. The van der Waals surface area contributed by atoms with E-state index in [-0.39, 0.29) is 0 Å². The average Bonchev–Trinajstić information content (AvgIpc) is 2.49. The third-order valence-corrected chi connectivity index (χ3v) is 4.75. The van der Waals surface area contributed by atoms with Crippen LogP contribution >= 0.6 is 15.9 Å². The average molecular weight is 363 g/mol. The molecule has 0 radical (unpaired) electrons. The minimum absolute atomic E-state index is 0.529. The Kier molecular flexibility index (Phi) is 18.9. The standard InChI is InChI=1S/C19H39BrO/c1-3-5-6-7-8-10-13-16-19(21-4-2)17-14-11-9-12-15-18-20/h19H,3-18H2,1-2H3. The highest BCUT2D eigenvalue weighted by Crippen LogP contribution is 2.16. The molecule has 1 atom stereocenters. The highest BCUT2D eigenvalue weighted by Gasteiger charge is 2.07. The molecule has 0 aromatic heterocycles. The summed E-state index contributed by atoms with van der Waals surface area (Å²) in [6.07, 6.45) is 19.7. The molecule has 1 nitrogen and oxygen atoms in total. The zero-order chi connectivity index (χ0) is 15.6. The summed E-state index contributed by atoms with van der Waals surface area (Å²) in [5.74, 6) is 0. The molecule has 21 heavy (non-hydrogen) atoms. The van der Waals surface area contributed by atoms with Crippen LogP contribution in [0.4, 0.5) is 0 Å². The molecule has 0 aromatic rings. The number of hydrogen-bond acceptors (Lipinski definition) is 1. The summed E-state index contributed by atoms with van der Waals surface area (Å²) >= 11 is 3.50. The Labute approximate surface area is 142 Å². The van der Waals surface area contributed by atoms with E-state index in [4.69, 9.17) is 4.74 Å². The van der Waals surface area contributed by atoms with Crippen LogP contribution in [0.2, 0.25) is 0 Å². The van der Waals surface area contributed by atoms with Crippen molar-refractivity contribution in [2.45, 2.75) is 110 Å². The summed E-state index contributed by atoms with van der Waals surface area (Å²) in [4.78, 5) is 0. The fourth-order valence-electron chi connectivity index (χ4n) is 2.87.